The van der Waals surface area contributed by atoms with Crippen molar-refractivity contribution in [3.63, 3.8) is 0 Å². The summed E-state index contributed by atoms with van der Waals surface area (Å²) in [6.07, 6.45) is 1.70. The molecule has 0 saturated carbocycles. The lowest BCUT2D eigenvalue weighted by atomic mass is 9.94. The summed E-state index contributed by atoms with van der Waals surface area (Å²) in [7, 11) is 0. The van der Waals surface area contributed by atoms with Crippen LogP contribution < -0.4 is 5.73 Å². The Morgan fingerprint density at radius 2 is 1.94 bits per heavy atom. The second-order valence-corrected chi connectivity index (χ2v) is 7.93. The van der Waals surface area contributed by atoms with Crippen molar-refractivity contribution in [2.75, 3.05) is 0 Å². The first-order chi connectivity index (χ1) is 15.2. The fourth-order valence-electron chi connectivity index (χ4n) is 3.14. The molecule has 8 heteroatoms. The fourth-order valence-corrected chi connectivity index (χ4v) is 3.14. The first kappa shape index (κ1) is 21.0. The van der Waals surface area contributed by atoms with Gasteiger partial charge in [0, 0.05) is 29.9 Å². The van der Waals surface area contributed by atoms with Crippen molar-refractivity contribution in [3.8, 4) is 28.8 Å². The van der Waals surface area contributed by atoms with Gasteiger partial charge in [-0.2, -0.15) is 5.10 Å². The number of carbonyl (C=O) groups is 1. The Balaban J connectivity index is 1.73. The molecule has 0 unspecified atom stereocenters. The van der Waals surface area contributed by atoms with E-state index in [1.807, 2.05) is 57.2 Å². The molecule has 0 bridgehead atoms. The molecule has 4 aromatic rings. The number of aromatic nitrogens is 5. The largest absolute Gasteiger partial charge is 0.424 e. The van der Waals surface area contributed by atoms with Gasteiger partial charge in [-0.05, 0) is 51.1 Å². The zero-order chi connectivity index (χ0) is 22.9. The molecule has 32 heavy (non-hydrogen) atoms. The van der Waals surface area contributed by atoms with Crippen molar-refractivity contribution in [2.45, 2.75) is 33.1 Å². The Morgan fingerprint density at radius 3 is 2.59 bits per heavy atom. The van der Waals surface area contributed by atoms with Crippen molar-refractivity contribution < 1.29 is 9.21 Å². The number of nitrogens with zero attached hydrogens (tertiary/aromatic N) is 5. The van der Waals surface area contributed by atoms with E-state index in [4.69, 9.17) is 10.2 Å². The molecule has 0 aliphatic heterocycles. The summed E-state index contributed by atoms with van der Waals surface area (Å²) in [5, 5.41) is 12.3. The minimum Gasteiger partial charge on any atom is -0.424 e. The van der Waals surface area contributed by atoms with Crippen molar-refractivity contribution in [1.29, 1.82) is 0 Å². The van der Waals surface area contributed by atoms with Crippen LogP contribution in [0, 0.1) is 25.7 Å². The molecule has 3 aromatic heterocycles. The summed E-state index contributed by atoms with van der Waals surface area (Å²) in [5.74, 6) is 6.74. The maximum absolute atomic E-state index is 11.9. The van der Waals surface area contributed by atoms with Crippen LogP contribution in [0.5, 0.6) is 0 Å². The molecule has 0 atom stereocenters. The van der Waals surface area contributed by atoms with Crippen LogP contribution in [0.25, 0.3) is 16.9 Å². The fraction of sp³-hybridized carbons (Fsp3) is 0.208. The quantitative estimate of drug-likeness (QED) is 0.501. The molecule has 3 heterocycles. The number of amides is 1. The van der Waals surface area contributed by atoms with Gasteiger partial charge < -0.3 is 10.2 Å². The number of aryl methyl sites for hydroxylation is 2. The molecule has 1 amide bonds. The summed E-state index contributed by atoms with van der Waals surface area (Å²) >= 11 is 0. The van der Waals surface area contributed by atoms with Gasteiger partial charge >= 0.3 is 0 Å². The van der Waals surface area contributed by atoms with E-state index in [1.54, 1.807) is 23.9 Å². The normalized spacial score (nSPS) is 11.1. The summed E-state index contributed by atoms with van der Waals surface area (Å²) in [5.41, 5.74) is 8.91. The molecule has 4 rings (SSSR count). The first-order valence-corrected chi connectivity index (χ1v) is 10.00. The Kier molecular flexibility index (Phi) is 5.33. The Morgan fingerprint density at radius 1 is 1.12 bits per heavy atom. The zero-order valence-electron chi connectivity index (χ0n) is 18.2. The van der Waals surface area contributed by atoms with Gasteiger partial charge in [-0.1, -0.05) is 24.0 Å². The molecule has 0 spiro atoms. The van der Waals surface area contributed by atoms with Gasteiger partial charge in [0.1, 0.15) is 11.1 Å². The zero-order valence-corrected chi connectivity index (χ0v) is 18.2. The third kappa shape index (κ3) is 4.27. The van der Waals surface area contributed by atoms with Gasteiger partial charge in [0.15, 0.2) is 0 Å². The van der Waals surface area contributed by atoms with Crippen LogP contribution >= 0.6 is 0 Å². The highest BCUT2D eigenvalue weighted by Crippen LogP contribution is 2.24. The van der Waals surface area contributed by atoms with Gasteiger partial charge in [0.05, 0.1) is 11.4 Å². The third-order valence-electron chi connectivity index (χ3n) is 4.88. The van der Waals surface area contributed by atoms with Gasteiger partial charge in [-0.3, -0.25) is 4.79 Å². The maximum Gasteiger partial charge on any atom is 0.267 e. The lowest BCUT2D eigenvalue weighted by Gasteiger charge is -2.11. The van der Waals surface area contributed by atoms with Crippen LogP contribution in [0.15, 0.2) is 53.1 Å². The minimum atomic E-state index is -0.606. The molecule has 8 nitrogen and oxygen atoms in total. The predicted molar refractivity (Wildman–Crippen MR) is 119 cm³/mol. The highest BCUT2D eigenvalue weighted by Gasteiger charge is 2.24. The molecule has 2 N–H and O–H groups in total. The van der Waals surface area contributed by atoms with E-state index in [0.29, 0.717) is 23.2 Å². The molecule has 160 valence electrons. The van der Waals surface area contributed by atoms with Gasteiger partial charge in [-0.25, -0.2) is 9.67 Å². The van der Waals surface area contributed by atoms with E-state index in [-0.39, 0.29) is 5.69 Å². The molecule has 0 radical (unpaired) electrons. The van der Waals surface area contributed by atoms with Crippen LogP contribution in [0.4, 0.5) is 0 Å². The van der Waals surface area contributed by atoms with Gasteiger partial charge in [0.25, 0.3) is 5.91 Å². The maximum atomic E-state index is 11.9. The van der Waals surface area contributed by atoms with Crippen LogP contribution in [0.3, 0.4) is 0 Å². The molecular weight excluding hydrogens is 404 g/mol. The highest BCUT2D eigenvalue weighted by atomic mass is 16.4. The third-order valence-corrected chi connectivity index (χ3v) is 4.88. The number of carbonyl (C=O) groups excluding carboxylic acids is 1. The number of benzene rings is 1. The summed E-state index contributed by atoms with van der Waals surface area (Å²) in [4.78, 5) is 16.3. The van der Waals surface area contributed by atoms with E-state index in [1.165, 1.54) is 0 Å². The number of pyridine rings is 1. The van der Waals surface area contributed by atoms with E-state index in [0.717, 1.165) is 16.8 Å². The number of rotatable bonds is 4. The van der Waals surface area contributed by atoms with Crippen LogP contribution in [-0.2, 0) is 5.41 Å². The lowest BCUT2D eigenvalue weighted by Crippen LogP contribution is -2.15. The molecule has 0 fully saturated rings. The van der Waals surface area contributed by atoms with E-state index in [9.17, 15) is 4.79 Å². The van der Waals surface area contributed by atoms with Crippen LogP contribution in [0.2, 0.25) is 0 Å². The SMILES string of the molecule is Cc1nnc(C(C)(C)C#Cc2cccc(-c3cc(-n4nccc4C)cc(C(N)=O)n3)c2)o1. The van der Waals surface area contributed by atoms with Crippen LogP contribution in [-0.4, -0.2) is 30.9 Å². The second-order valence-electron chi connectivity index (χ2n) is 7.93. The standard InChI is InChI=1S/C24H22N6O2/c1-15-9-11-26-30(15)19-13-20(27-21(14-19)22(25)31)18-7-5-6-17(12-18)8-10-24(3,4)23-29-28-16(2)32-23/h5-7,9,11-14H,1-4H3,(H2,25,31). The molecule has 0 aliphatic rings. The van der Waals surface area contributed by atoms with Crippen LogP contribution in [0.1, 0.15) is 47.4 Å². The first-order valence-electron chi connectivity index (χ1n) is 10.00. The van der Waals surface area contributed by atoms with E-state index in [2.05, 4.69) is 32.1 Å². The minimum absolute atomic E-state index is 0.164. The van der Waals surface area contributed by atoms with E-state index >= 15 is 0 Å². The summed E-state index contributed by atoms with van der Waals surface area (Å²) in [6, 6.07) is 13.0. The number of primary amides is 1. The van der Waals surface area contributed by atoms with Gasteiger partial charge in [0.2, 0.25) is 11.8 Å². The Hall–Kier alpha value is -4.25. The molecular formula is C24H22N6O2. The van der Waals surface area contributed by atoms with Crippen molar-refractivity contribution in [1.82, 2.24) is 25.0 Å². The van der Waals surface area contributed by atoms with Crippen molar-refractivity contribution >= 4 is 5.91 Å². The average molecular weight is 426 g/mol. The smallest absolute Gasteiger partial charge is 0.267 e. The Bertz CT molecular complexity index is 1370. The second kappa shape index (κ2) is 8.12. The van der Waals surface area contributed by atoms with Crippen molar-refractivity contribution in [2.24, 2.45) is 5.73 Å². The highest BCUT2D eigenvalue weighted by molar-refractivity contribution is 5.92. The van der Waals surface area contributed by atoms with Gasteiger partial charge in [-0.15, -0.1) is 10.2 Å². The number of hydrogen-bond acceptors (Lipinski definition) is 6. The lowest BCUT2D eigenvalue weighted by molar-refractivity contribution is 0.0995. The molecule has 1 aromatic carbocycles. The summed E-state index contributed by atoms with van der Waals surface area (Å²) < 4.78 is 7.27. The molecule has 0 aliphatic carbocycles. The summed E-state index contributed by atoms with van der Waals surface area (Å²) in [6.45, 7) is 7.52. The number of nitrogens with two attached hydrogens (primary N) is 1. The predicted octanol–water partition coefficient (Wildman–Crippen LogP) is 3.36. The topological polar surface area (TPSA) is 113 Å². The molecule has 0 saturated heterocycles. The average Bonchev–Trinajstić information content (AvgIpc) is 3.41. The van der Waals surface area contributed by atoms with E-state index < -0.39 is 11.3 Å². The monoisotopic (exact) mass is 426 g/mol. The number of hydrogen-bond donors (Lipinski definition) is 1. The van der Waals surface area contributed by atoms with Crippen molar-refractivity contribution in [3.05, 3.63) is 77.4 Å². The Labute approximate surface area is 185 Å².